The maximum Gasteiger partial charge on any atom is 0.322 e. The van der Waals surface area contributed by atoms with Gasteiger partial charge in [-0.25, -0.2) is 19.7 Å². The maximum absolute atomic E-state index is 13.3. The molecule has 2 amide bonds. The topological polar surface area (TPSA) is 111 Å². The van der Waals surface area contributed by atoms with Gasteiger partial charge in [-0.05, 0) is 35.7 Å². The minimum absolute atomic E-state index is 0.140. The number of amides is 2. The van der Waals surface area contributed by atoms with E-state index in [1.807, 2.05) is 41.3 Å². The molecule has 0 aliphatic carbocycles. The summed E-state index contributed by atoms with van der Waals surface area (Å²) in [6.07, 6.45) is 7.52. The lowest BCUT2D eigenvalue weighted by atomic mass is 10.0. The molecule has 0 atom stereocenters. The van der Waals surface area contributed by atoms with Crippen LogP contribution in [0.4, 0.5) is 27.9 Å². The third-order valence-corrected chi connectivity index (χ3v) is 6.80. The zero-order valence-electron chi connectivity index (χ0n) is 21.0. The van der Waals surface area contributed by atoms with Crippen molar-refractivity contribution < 1.29 is 4.79 Å². The number of aromatic nitrogens is 4. The predicted molar refractivity (Wildman–Crippen MR) is 147 cm³/mol. The summed E-state index contributed by atoms with van der Waals surface area (Å²) >= 11 is 0. The Morgan fingerprint density at radius 2 is 1.76 bits per heavy atom. The lowest BCUT2D eigenvalue weighted by molar-refractivity contribution is 0.206. The van der Waals surface area contributed by atoms with Gasteiger partial charge in [0, 0.05) is 75.2 Å². The number of benzene rings is 1. The monoisotopic (exact) mass is 507 g/mol. The Morgan fingerprint density at radius 3 is 2.61 bits per heavy atom. The van der Waals surface area contributed by atoms with Gasteiger partial charge in [0.25, 0.3) is 0 Å². The number of carbonyl (C=O) groups is 1. The molecule has 0 radical (unpaired) electrons. The number of rotatable bonds is 5. The van der Waals surface area contributed by atoms with Crippen LogP contribution < -0.4 is 20.9 Å². The van der Waals surface area contributed by atoms with Gasteiger partial charge in [-0.2, -0.15) is 0 Å². The van der Waals surface area contributed by atoms with Gasteiger partial charge in [0.15, 0.2) is 0 Å². The summed E-state index contributed by atoms with van der Waals surface area (Å²) < 4.78 is 0. The van der Waals surface area contributed by atoms with E-state index in [1.165, 1.54) is 11.1 Å². The zero-order chi connectivity index (χ0) is 25.7. The van der Waals surface area contributed by atoms with Gasteiger partial charge in [-0.15, -0.1) is 0 Å². The van der Waals surface area contributed by atoms with E-state index in [1.54, 1.807) is 24.8 Å². The van der Waals surface area contributed by atoms with Crippen molar-refractivity contribution in [1.29, 1.82) is 0 Å². The Bertz CT molecular complexity index is 1420. The van der Waals surface area contributed by atoms with Crippen LogP contribution in [0.2, 0.25) is 0 Å². The number of urea groups is 1. The number of anilines is 4. The van der Waals surface area contributed by atoms with Crippen molar-refractivity contribution in [1.82, 2.24) is 30.2 Å². The molecule has 3 aromatic heterocycles. The van der Waals surface area contributed by atoms with Crippen molar-refractivity contribution in [2.75, 3.05) is 48.3 Å². The second-order valence-corrected chi connectivity index (χ2v) is 9.35. The third kappa shape index (κ3) is 5.40. The molecule has 192 valence electrons. The van der Waals surface area contributed by atoms with Gasteiger partial charge >= 0.3 is 6.03 Å². The highest BCUT2D eigenvalue weighted by Gasteiger charge is 2.21. The van der Waals surface area contributed by atoms with Gasteiger partial charge in [0.05, 0.1) is 11.9 Å². The van der Waals surface area contributed by atoms with Gasteiger partial charge in [-0.3, -0.25) is 4.98 Å². The molecule has 0 saturated carbocycles. The highest BCUT2D eigenvalue weighted by Crippen LogP contribution is 2.28. The average Bonchev–Trinajstić information content (AvgIpc) is 2.98. The lowest BCUT2D eigenvalue weighted by Gasteiger charge is -2.29. The molecule has 38 heavy (non-hydrogen) atoms. The second-order valence-electron chi connectivity index (χ2n) is 9.35. The van der Waals surface area contributed by atoms with Crippen molar-refractivity contribution >= 4 is 29.2 Å². The van der Waals surface area contributed by atoms with Crippen LogP contribution in [0.15, 0.2) is 73.3 Å². The first-order valence-corrected chi connectivity index (χ1v) is 12.8. The maximum atomic E-state index is 13.3. The minimum Gasteiger partial charge on any atom is -0.354 e. The molecule has 10 heteroatoms. The number of pyridine rings is 2. The molecule has 2 aliphatic heterocycles. The fraction of sp³-hybridized carbons (Fsp3) is 0.250. The molecule has 4 aromatic rings. The zero-order valence-corrected chi connectivity index (χ0v) is 21.0. The summed E-state index contributed by atoms with van der Waals surface area (Å²) in [4.78, 5) is 35.2. The lowest BCUT2D eigenvalue weighted by Crippen LogP contribution is -2.43. The summed E-state index contributed by atoms with van der Waals surface area (Å²) in [5, 5.41) is 9.68. The molecule has 5 heterocycles. The Morgan fingerprint density at radius 1 is 0.895 bits per heavy atom. The molecule has 10 nitrogen and oxygen atoms in total. The number of carbonyl (C=O) groups excluding carboxylic acids is 1. The van der Waals surface area contributed by atoms with Crippen LogP contribution in [-0.4, -0.2) is 63.6 Å². The number of piperazine rings is 1. The molecular formula is C28H29N9O. The normalized spacial score (nSPS) is 15.1. The Hall–Kier alpha value is -4.57. The van der Waals surface area contributed by atoms with Crippen LogP contribution in [0, 0.1) is 0 Å². The molecule has 3 N–H and O–H groups in total. The van der Waals surface area contributed by atoms with Gasteiger partial charge in [0.1, 0.15) is 17.5 Å². The molecule has 1 fully saturated rings. The van der Waals surface area contributed by atoms with E-state index in [0.717, 1.165) is 49.7 Å². The van der Waals surface area contributed by atoms with E-state index in [0.29, 0.717) is 30.4 Å². The molecule has 6 rings (SSSR count). The predicted octanol–water partition coefficient (Wildman–Crippen LogP) is 3.68. The first-order valence-electron chi connectivity index (χ1n) is 12.8. The van der Waals surface area contributed by atoms with E-state index in [2.05, 4.69) is 47.9 Å². The summed E-state index contributed by atoms with van der Waals surface area (Å²) in [5.74, 6) is 2.04. The fourth-order valence-corrected chi connectivity index (χ4v) is 4.83. The largest absolute Gasteiger partial charge is 0.354 e. The van der Waals surface area contributed by atoms with Crippen LogP contribution in [0.1, 0.15) is 11.1 Å². The second kappa shape index (κ2) is 10.8. The number of nitrogens with one attached hydrogen (secondary N) is 3. The molecule has 1 saturated heterocycles. The highest BCUT2D eigenvalue weighted by atomic mass is 16.2. The number of hydrogen-bond donors (Lipinski definition) is 3. The summed E-state index contributed by atoms with van der Waals surface area (Å²) in [6.45, 7) is 4.92. The highest BCUT2D eigenvalue weighted by molar-refractivity contribution is 5.91. The molecule has 1 aromatic carbocycles. The van der Waals surface area contributed by atoms with Crippen molar-refractivity contribution in [2.45, 2.75) is 13.0 Å². The molecule has 2 aliphatic rings. The smallest absolute Gasteiger partial charge is 0.322 e. The van der Waals surface area contributed by atoms with Crippen LogP contribution in [-0.2, 0) is 13.0 Å². The summed E-state index contributed by atoms with van der Waals surface area (Å²) in [7, 11) is 0. The van der Waals surface area contributed by atoms with Crippen molar-refractivity contribution in [2.24, 2.45) is 0 Å². The van der Waals surface area contributed by atoms with Crippen LogP contribution in [0.3, 0.4) is 0 Å². The Kier molecular flexibility index (Phi) is 6.77. The average molecular weight is 508 g/mol. The third-order valence-electron chi connectivity index (χ3n) is 6.80. The molecular weight excluding hydrogens is 478 g/mol. The van der Waals surface area contributed by atoms with Gasteiger partial charge in [-0.1, -0.05) is 24.3 Å². The van der Waals surface area contributed by atoms with E-state index in [9.17, 15) is 4.79 Å². The minimum atomic E-state index is -0.140. The van der Waals surface area contributed by atoms with E-state index in [-0.39, 0.29) is 6.03 Å². The Labute approximate surface area is 221 Å². The summed E-state index contributed by atoms with van der Waals surface area (Å²) in [6, 6.07) is 15.8. The fourth-order valence-electron chi connectivity index (χ4n) is 4.83. The van der Waals surface area contributed by atoms with Crippen molar-refractivity contribution in [3.63, 3.8) is 0 Å². The SMILES string of the molecule is O=C(Nc1cc(Nc2cnccn2)nc(-c2ccnc(N3CCNCC3)c2)c1)N1CCc2ccccc2C1. The first-order chi connectivity index (χ1) is 18.7. The summed E-state index contributed by atoms with van der Waals surface area (Å²) in [5.41, 5.74) is 4.77. The van der Waals surface area contributed by atoms with Gasteiger partial charge < -0.3 is 25.8 Å². The Balaban J connectivity index is 1.29. The van der Waals surface area contributed by atoms with Crippen LogP contribution in [0.25, 0.3) is 11.3 Å². The molecule has 0 unspecified atom stereocenters. The van der Waals surface area contributed by atoms with Crippen LogP contribution >= 0.6 is 0 Å². The number of fused-ring (bicyclic) bond motifs is 1. The standard InChI is InChI=1S/C28H29N9O/c38-28(37-12-6-20-3-1-2-4-22(20)19-37)33-23-16-24(34-25(17-23)35-26-18-30-8-9-31-26)21-5-7-32-27(15-21)36-13-10-29-11-14-36/h1-5,7-9,15-18,29H,6,10-14,19H2,(H2,31,33,34,35,38). The number of hydrogen-bond acceptors (Lipinski definition) is 8. The molecule has 0 spiro atoms. The van der Waals surface area contributed by atoms with E-state index < -0.39 is 0 Å². The van der Waals surface area contributed by atoms with Crippen LogP contribution in [0.5, 0.6) is 0 Å². The van der Waals surface area contributed by atoms with Crippen molar-refractivity contribution in [3.05, 3.63) is 84.4 Å². The van der Waals surface area contributed by atoms with Crippen molar-refractivity contribution in [3.8, 4) is 11.3 Å². The van der Waals surface area contributed by atoms with E-state index >= 15 is 0 Å². The quantitative estimate of drug-likeness (QED) is 0.375. The van der Waals surface area contributed by atoms with E-state index in [4.69, 9.17) is 4.98 Å². The number of nitrogens with zero attached hydrogens (tertiary/aromatic N) is 6. The first kappa shape index (κ1) is 23.8. The molecule has 0 bridgehead atoms. The van der Waals surface area contributed by atoms with Gasteiger partial charge in [0.2, 0.25) is 0 Å².